The van der Waals surface area contributed by atoms with E-state index in [1.54, 1.807) is 0 Å². The number of carbonyl (C=O) groups is 1. The lowest BCUT2D eigenvalue weighted by Crippen LogP contribution is -2.40. The number of phenols is 1. The van der Waals surface area contributed by atoms with Gasteiger partial charge in [-0.05, 0) is 40.8 Å². The van der Waals surface area contributed by atoms with Crippen LogP contribution in [0.25, 0.3) is 0 Å². The Morgan fingerprint density at radius 1 is 1.42 bits per heavy atom. The Hall–Kier alpha value is -0.510. The molecule has 0 saturated carbocycles. The number of hydrogen-bond acceptors (Lipinski definition) is 2. The number of benzene rings is 1. The molecule has 3 nitrogen and oxygen atoms in total. The molecule has 1 N–H and O–H groups in total. The van der Waals surface area contributed by atoms with Crippen molar-refractivity contribution >= 4 is 44.4 Å². The van der Waals surface area contributed by atoms with Crippen molar-refractivity contribution in [3.8, 4) is 5.75 Å². The minimum atomic E-state index is -4.46. The number of aromatic hydroxyl groups is 1. The molecular formula is C11H10BrF3INO2. The Balaban J connectivity index is 2.95. The van der Waals surface area contributed by atoms with Gasteiger partial charge in [-0.1, -0.05) is 15.9 Å². The highest BCUT2D eigenvalue weighted by molar-refractivity contribution is 14.1. The van der Waals surface area contributed by atoms with Gasteiger partial charge < -0.3 is 10.0 Å². The standard InChI is InChI=1S/C11H10BrF3INO2/c12-3-4-17(6-11(13,14)15)10(19)7-1-2-8(16)9(18)5-7/h1-2,5,18H,3-4,6H2. The molecule has 19 heavy (non-hydrogen) atoms. The molecule has 0 fully saturated rings. The molecular weight excluding hydrogens is 442 g/mol. The van der Waals surface area contributed by atoms with Crippen LogP contribution in [0.2, 0.25) is 0 Å². The van der Waals surface area contributed by atoms with Gasteiger partial charge in [0.25, 0.3) is 5.91 Å². The topological polar surface area (TPSA) is 40.5 Å². The summed E-state index contributed by atoms with van der Waals surface area (Å²) < 4.78 is 37.7. The summed E-state index contributed by atoms with van der Waals surface area (Å²) in [6, 6.07) is 4.03. The van der Waals surface area contributed by atoms with Crippen LogP contribution in [0.3, 0.4) is 0 Å². The van der Waals surface area contributed by atoms with E-state index in [2.05, 4.69) is 15.9 Å². The van der Waals surface area contributed by atoms with Crippen LogP contribution in [0.15, 0.2) is 18.2 Å². The second-order valence-electron chi connectivity index (χ2n) is 3.70. The van der Waals surface area contributed by atoms with Gasteiger partial charge in [-0.25, -0.2) is 0 Å². The second kappa shape index (κ2) is 6.78. The third-order valence-electron chi connectivity index (χ3n) is 2.20. The molecule has 0 bridgehead atoms. The Bertz CT molecular complexity index is 468. The minimum Gasteiger partial charge on any atom is -0.507 e. The van der Waals surface area contributed by atoms with Crippen LogP contribution in [-0.2, 0) is 0 Å². The third-order valence-corrected chi connectivity index (χ3v) is 3.47. The highest BCUT2D eigenvalue weighted by atomic mass is 127. The lowest BCUT2D eigenvalue weighted by atomic mass is 10.2. The van der Waals surface area contributed by atoms with Crippen LogP contribution < -0.4 is 0 Å². The third kappa shape index (κ3) is 5.17. The molecule has 0 radical (unpaired) electrons. The largest absolute Gasteiger partial charge is 0.507 e. The van der Waals surface area contributed by atoms with E-state index in [1.165, 1.54) is 18.2 Å². The molecule has 1 aromatic rings. The summed E-state index contributed by atoms with van der Waals surface area (Å²) in [5.74, 6) is -0.888. The van der Waals surface area contributed by atoms with Gasteiger partial charge in [0.05, 0.1) is 3.57 Å². The fourth-order valence-electron chi connectivity index (χ4n) is 1.40. The molecule has 0 aromatic heterocycles. The maximum absolute atomic E-state index is 12.4. The zero-order chi connectivity index (χ0) is 14.6. The Morgan fingerprint density at radius 2 is 2.05 bits per heavy atom. The number of phenolic OH excluding ortho intramolecular Hbond substituents is 1. The van der Waals surface area contributed by atoms with Gasteiger partial charge in [0.2, 0.25) is 0 Å². The number of hydrogen-bond donors (Lipinski definition) is 1. The van der Waals surface area contributed by atoms with E-state index in [4.69, 9.17) is 0 Å². The molecule has 0 atom stereocenters. The Morgan fingerprint density at radius 3 is 2.53 bits per heavy atom. The van der Waals surface area contributed by atoms with Gasteiger partial charge in [-0.3, -0.25) is 4.79 Å². The number of carbonyl (C=O) groups excluding carboxylic acids is 1. The van der Waals surface area contributed by atoms with Crippen LogP contribution in [-0.4, -0.2) is 40.5 Å². The first kappa shape index (κ1) is 16.5. The van der Waals surface area contributed by atoms with E-state index < -0.39 is 18.6 Å². The summed E-state index contributed by atoms with van der Waals surface area (Å²) in [5, 5.41) is 9.72. The highest BCUT2D eigenvalue weighted by Crippen LogP contribution is 2.23. The van der Waals surface area contributed by atoms with Crippen LogP contribution in [0.4, 0.5) is 13.2 Å². The van der Waals surface area contributed by atoms with Crippen LogP contribution in [0, 0.1) is 3.57 Å². The van der Waals surface area contributed by atoms with Crippen LogP contribution in [0.1, 0.15) is 10.4 Å². The number of rotatable bonds is 4. The van der Waals surface area contributed by atoms with Crippen molar-refractivity contribution in [2.75, 3.05) is 18.4 Å². The molecule has 1 rings (SSSR count). The summed E-state index contributed by atoms with van der Waals surface area (Å²) in [5.41, 5.74) is 0.0307. The van der Waals surface area contributed by atoms with Gasteiger partial charge in [0.15, 0.2) is 0 Å². The number of halogens is 5. The van der Waals surface area contributed by atoms with Gasteiger partial charge in [0, 0.05) is 17.4 Å². The smallest absolute Gasteiger partial charge is 0.406 e. The van der Waals surface area contributed by atoms with Gasteiger partial charge >= 0.3 is 6.18 Å². The van der Waals surface area contributed by atoms with Crippen molar-refractivity contribution in [2.45, 2.75) is 6.18 Å². The summed E-state index contributed by atoms with van der Waals surface area (Å²) >= 11 is 4.87. The number of nitrogens with zero attached hydrogens (tertiary/aromatic N) is 1. The average Bonchev–Trinajstić information content (AvgIpc) is 2.29. The maximum Gasteiger partial charge on any atom is 0.406 e. The molecule has 106 valence electrons. The van der Waals surface area contributed by atoms with E-state index in [0.717, 1.165) is 0 Å². The fourth-order valence-corrected chi connectivity index (χ4v) is 2.16. The summed E-state index contributed by atoms with van der Waals surface area (Å²) in [6.45, 7) is -1.38. The summed E-state index contributed by atoms with van der Waals surface area (Å²) in [4.78, 5) is 12.7. The molecule has 0 aliphatic rings. The zero-order valence-corrected chi connectivity index (χ0v) is 13.3. The molecule has 8 heteroatoms. The lowest BCUT2D eigenvalue weighted by molar-refractivity contribution is -0.140. The van der Waals surface area contributed by atoms with E-state index in [0.29, 0.717) is 8.47 Å². The quantitative estimate of drug-likeness (QED) is 0.563. The van der Waals surface area contributed by atoms with E-state index in [1.807, 2.05) is 22.6 Å². The average molecular weight is 452 g/mol. The molecule has 0 aliphatic carbocycles. The van der Waals surface area contributed by atoms with Gasteiger partial charge in [-0.15, -0.1) is 0 Å². The van der Waals surface area contributed by atoms with E-state index in [-0.39, 0.29) is 23.2 Å². The van der Waals surface area contributed by atoms with Crippen LogP contribution >= 0.6 is 38.5 Å². The first-order chi connectivity index (χ1) is 8.74. The first-order valence-corrected chi connectivity index (χ1v) is 7.35. The second-order valence-corrected chi connectivity index (χ2v) is 5.65. The predicted molar refractivity (Wildman–Crippen MR) is 76.6 cm³/mol. The highest BCUT2D eigenvalue weighted by Gasteiger charge is 2.33. The van der Waals surface area contributed by atoms with Gasteiger partial charge in [-0.2, -0.15) is 13.2 Å². The lowest BCUT2D eigenvalue weighted by Gasteiger charge is -2.23. The van der Waals surface area contributed by atoms with Crippen molar-refractivity contribution in [3.63, 3.8) is 0 Å². The van der Waals surface area contributed by atoms with E-state index in [9.17, 15) is 23.1 Å². The number of amides is 1. The molecule has 0 aliphatic heterocycles. The molecule has 0 unspecified atom stereocenters. The molecule has 1 aromatic carbocycles. The Labute approximate surface area is 130 Å². The predicted octanol–water partition coefficient (Wildman–Crippen LogP) is 3.40. The Kier molecular flexibility index (Phi) is 5.90. The van der Waals surface area contributed by atoms with E-state index >= 15 is 0 Å². The van der Waals surface area contributed by atoms with Gasteiger partial charge in [0.1, 0.15) is 12.3 Å². The normalized spacial score (nSPS) is 11.4. The monoisotopic (exact) mass is 451 g/mol. The van der Waals surface area contributed by atoms with Crippen molar-refractivity contribution in [3.05, 3.63) is 27.3 Å². The molecule has 0 heterocycles. The minimum absolute atomic E-state index is 0.0307. The van der Waals surface area contributed by atoms with Crippen molar-refractivity contribution < 1.29 is 23.1 Å². The first-order valence-electron chi connectivity index (χ1n) is 5.15. The van der Waals surface area contributed by atoms with Crippen molar-refractivity contribution in [1.82, 2.24) is 4.90 Å². The zero-order valence-electron chi connectivity index (χ0n) is 9.55. The van der Waals surface area contributed by atoms with Crippen molar-refractivity contribution in [1.29, 1.82) is 0 Å². The molecule has 0 saturated heterocycles. The van der Waals surface area contributed by atoms with Crippen molar-refractivity contribution in [2.24, 2.45) is 0 Å². The SMILES string of the molecule is O=C(c1ccc(I)c(O)c1)N(CCBr)CC(F)(F)F. The fraction of sp³-hybridized carbons (Fsp3) is 0.364. The summed E-state index contributed by atoms with van der Waals surface area (Å²) in [6.07, 6.45) is -4.46. The molecule has 1 amide bonds. The maximum atomic E-state index is 12.4. The summed E-state index contributed by atoms with van der Waals surface area (Å²) in [7, 11) is 0. The molecule has 0 spiro atoms. The van der Waals surface area contributed by atoms with Crippen LogP contribution in [0.5, 0.6) is 5.75 Å². The number of alkyl halides is 4.